The lowest BCUT2D eigenvalue weighted by atomic mass is 9.98. The summed E-state index contributed by atoms with van der Waals surface area (Å²) in [6, 6.07) is 5.83. The van der Waals surface area contributed by atoms with Crippen molar-refractivity contribution in [2.45, 2.75) is 31.1 Å². The van der Waals surface area contributed by atoms with Gasteiger partial charge in [-0.05, 0) is 43.9 Å². The van der Waals surface area contributed by atoms with E-state index in [2.05, 4.69) is 10.2 Å². The van der Waals surface area contributed by atoms with E-state index in [0.29, 0.717) is 29.4 Å². The van der Waals surface area contributed by atoms with Gasteiger partial charge in [-0.2, -0.15) is 9.40 Å². The molecule has 1 saturated heterocycles. The Labute approximate surface area is 140 Å². The summed E-state index contributed by atoms with van der Waals surface area (Å²) in [5, 5.41) is 6.76. The zero-order valence-electron chi connectivity index (χ0n) is 13.6. The summed E-state index contributed by atoms with van der Waals surface area (Å²) in [4.78, 5) is 0.300. The van der Waals surface area contributed by atoms with Crippen molar-refractivity contribution in [1.29, 1.82) is 0 Å². The number of H-pyrrole nitrogens is 1. The van der Waals surface area contributed by atoms with Crippen molar-refractivity contribution in [2.75, 3.05) is 19.9 Å². The number of aryl methyl sites for hydroxylation is 2. The molecule has 4 rings (SSSR count). The Hall–Kier alpha value is -2.06. The molecule has 0 bridgehead atoms. The van der Waals surface area contributed by atoms with Crippen molar-refractivity contribution >= 4 is 10.0 Å². The first-order valence-electron chi connectivity index (χ1n) is 7.88. The molecule has 3 heterocycles. The van der Waals surface area contributed by atoms with Gasteiger partial charge in [-0.15, -0.1) is 0 Å². The summed E-state index contributed by atoms with van der Waals surface area (Å²) in [5.74, 6) is 1.63. The average Bonchev–Trinajstić information content (AvgIpc) is 3.26. The third-order valence-electron chi connectivity index (χ3n) is 4.68. The molecule has 0 aliphatic carbocycles. The van der Waals surface area contributed by atoms with Crippen LogP contribution in [-0.2, 0) is 10.0 Å². The van der Waals surface area contributed by atoms with Gasteiger partial charge < -0.3 is 9.47 Å². The van der Waals surface area contributed by atoms with E-state index < -0.39 is 10.0 Å². The van der Waals surface area contributed by atoms with Gasteiger partial charge in [0.05, 0.1) is 11.4 Å². The first kappa shape index (κ1) is 15.5. The van der Waals surface area contributed by atoms with Crippen molar-refractivity contribution in [3.05, 3.63) is 35.2 Å². The zero-order valence-corrected chi connectivity index (χ0v) is 14.4. The van der Waals surface area contributed by atoms with Crippen LogP contribution < -0.4 is 9.47 Å². The van der Waals surface area contributed by atoms with Gasteiger partial charge >= 0.3 is 0 Å². The predicted molar refractivity (Wildman–Crippen MR) is 86.7 cm³/mol. The number of nitrogens with zero attached hydrogens (tertiary/aromatic N) is 2. The summed E-state index contributed by atoms with van der Waals surface area (Å²) in [6.45, 7) is 4.65. The molecule has 8 heteroatoms. The van der Waals surface area contributed by atoms with Crippen molar-refractivity contribution < 1.29 is 17.9 Å². The second kappa shape index (κ2) is 5.49. The molecule has 2 aliphatic heterocycles. The maximum Gasteiger partial charge on any atom is 0.246 e. The summed E-state index contributed by atoms with van der Waals surface area (Å²) in [5.41, 5.74) is 2.18. The summed E-state index contributed by atoms with van der Waals surface area (Å²) in [7, 11) is -3.53. The number of hydrogen-bond donors (Lipinski definition) is 1. The largest absolute Gasteiger partial charge is 0.454 e. The molecule has 128 valence electrons. The van der Waals surface area contributed by atoms with Gasteiger partial charge in [0, 0.05) is 13.1 Å². The highest BCUT2D eigenvalue weighted by atomic mass is 32.2. The third-order valence-corrected chi connectivity index (χ3v) is 6.81. The van der Waals surface area contributed by atoms with E-state index in [1.54, 1.807) is 18.2 Å². The van der Waals surface area contributed by atoms with Crippen molar-refractivity contribution in [3.8, 4) is 11.5 Å². The number of hydrogen-bond acceptors (Lipinski definition) is 5. The molecule has 1 aromatic heterocycles. The molecule has 1 N–H and O–H groups in total. The zero-order chi connectivity index (χ0) is 16.9. The second-order valence-electron chi connectivity index (χ2n) is 6.22. The van der Waals surface area contributed by atoms with Gasteiger partial charge in [0.1, 0.15) is 4.90 Å². The highest BCUT2D eigenvalue weighted by molar-refractivity contribution is 7.89. The number of sulfonamides is 1. The quantitative estimate of drug-likeness (QED) is 0.915. The molecule has 1 aromatic carbocycles. The number of rotatable bonds is 3. The fourth-order valence-corrected chi connectivity index (χ4v) is 5.27. The normalized spacial score (nSPS) is 20.7. The predicted octanol–water partition coefficient (Wildman–Crippen LogP) is 1.93. The highest BCUT2D eigenvalue weighted by Crippen LogP contribution is 2.38. The van der Waals surface area contributed by atoms with Crippen LogP contribution in [-0.4, -0.2) is 42.8 Å². The standard InChI is InChI=1S/C16H19N3O4S/c1-10-16(11(2)18-17-10)24(20,21)19-6-5-13(8-19)12-3-4-14-15(7-12)23-9-22-14/h3-4,7,13H,5-6,8-9H2,1-2H3,(H,17,18). The van der Waals surface area contributed by atoms with Gasteiger partial charge in [-0.3, -0.25) is 5.10 Å². The Kier molecular flexibility index (Phi) is 3.54. The summed E-state index contributed by atoms with van der Waals surface area (Å²) < 4.78 is 38.1. The third kappa shape index (κ3) is 2.37. The molecule has 0 spiro atoms. The summed E-state index contributed by atoms with van der Waals surface area (Å²) in [6.07, 6.45) is 0.787. The van der Waals surface area contributed by atoms with Crippen molar-refractivity contribution in [1.82, 2.24) is 14.5 Å². The molecule has 0 saturated carbocycles. The molecule has 1 atom stereocenters. The molecular weight excluding hydrogens is 330 g/mol. The second-order valence-corrected chi connectivity index (χ2v) is 8.10. The Balaban J connectivity index is 1.58. The Bertz CT molecular complexity index is 871. The van der Waals surface area contributed by atoms with Crippen LogP contribution in [0.4, 0.5) is 0 Å². The van der Waals surface area contributed by atoms with Crippen LogP contribution in [0.2, 0.25) is 0 Å². The van der Waals surface area contributed by atoms with Gasteiger partial charge in [0.25, 0.3) is 0 Å². The van der Waals surface area contributed by atoms with E-state index in [-0.39, 0.29) is 12.7 Å². The van der Waals surface area contributed by atoms with Crippen molar-refractivity contribution in [3.63, 3.8) is 0 Å². The molecular formula is C16H19N3O4S. The molecule has 7 nitrogen and oxygen atoms in total. The van der Waals surface area contributed by atoms with Crippen LogP contribution in [0.5, 0.6) is 11.5 Å². The number of nitrogens with one attached hydrogen (secondary N) is 1. The van der Waals surface area contributed by atoms with E-state index >= 15 is 0 Å². The van der Waals surface area contributed by atoms with Crippen LogP contribution in [0, 0.1) is 13.8 Å². The topological polar surface area (TPSA) is 84.5 Å². The van der Waals surface area contributed by atoms with E-state index in [1.807, 2.05) is 18.2 Å². The van der Waals surface area contributed by atoms with Gasteiger partial charge in [-0.25, -0.2) is 8.42 Å². The van der Waals surface area contributed by atoms with E-state index in [0.717, 1.165) is 23.5 Å². The fourth-order valence-electron chi connectivity index (χ4n) is 3.44. The SMILES string of the molecule is Cc1n[nH]c(C)c1S(=O)(=O)N1CCC(c2ccc3c(c2)OCO3)C1. The minimum absolute atomic E-state index is 0.154. The number of fused-ring (bicyclic) bond motifs is 1. The maximum absolute atomic E-state index is 12.9. The minimum atomic E-state index is -3.53. The average molecular weight is 349 g/mol. The number of benzene rings is 1. The summed E-state index contributed by atoms with van der Waals surface area (Å²) >= 11 is 0. The highest BCUT2D eigenvalue weighted by Gasteiger charge is 2.36. The lowest BCUT2D eigenvalue weighted by Crippen LogP contribution is -2.29. The van der Waals surface area contributed by atoms with Gasteiger partial charge in [0.15, 0.2) is 11.5 Å². The molecule has 0 amide bonds. The number of ether oxygens (including phenoxy) is 2. The molecule has 1 unspecified atom stereocenters. The Morgan fingerprint density at radius 1 is 1.25 bits per heavy atom. The molecule has 0 radical (unpaired) electrons. The Morgan fingerprint density at radius 2 is 2.04 bits per heavy atom. The van der Waals surface area contributed by atoms with E-state index in [1.165, 1.54) is 0 Å². The van der Waals surface area contributed by atoms with Crippen LogP contribution in [0.3, 0.4) is 0 Å². The van der Waals surface area contributed by atoms with Crippen molar-refractivity contribution in [2.24, 2.45) is 0 Å². The smallest absolute Gasteiger partial charge is 0.246 e. The first-order valence-corrected chi connectivity index (χ1v) is 9.32. The minimum Gasteiger partial charge on any atom is -0.454 e. The Morgan fingerprint density at radius 3 is 2.79 bits per heavy atom. The fraction of sp³-hybridized carbons (Fsp3) is 0.438. The van der Waals surface area contributed by atoms with Gasteiger partial charge in [-0.1, -0.05) is 6.07 Å². The lowest BCUT2D eigenvalue weighted by molar-refractivity contribution is 0.174. The van der Waals surface area contributed by atoms with Crippen LogP contribution in [0.25, 0.3) is 0 Å². The van der Waals surface area contributed by atoms with Crippen LogP contribution >= 0.6 is 0 Å². The molecule has 2 aromatic rings. The number of aromatic nitrogens is 2. The van der Waals surface area contributed by atoms with E-state index in [9.17, 15) is 8.42 Å². The monoisotopic (exact) mass is 349 g/mol. The lowest BCUT2D eigenvalue weighted by Gasteiger charge is -2.17. The molecule has 24 heavy (non-hydrogen) atoms. The first-order chi connectivity index (χ1) is 11.5. The number of aromatic amines is 1. The molecule has 1 fully saturated rings. The van der Waals surface area contributed by atoms with E-state index in [4.69, 9.17) is 9.47 Å². The molecule has 2 aliphatic rings. The maximum atomic E-state index is 12.9. The van der Waals surface area contributed by atoms with Crippen LogP contribution in [0.15, 0.2) is 23.1 Å². The van der Waals surface area contributed by atoms with Gasteiger partial charge in [0.2, 0.25) is 16.8 Å². The van der Waals surface area contributed by atoms with Crippen LogP contribution in [0.1, 0.15) is 29.3 Å².